The Morgan fingerprint density at radius 3 is 2.87 bits per heavy atom. The van der Waals surface area contributed by atoms with Crippen LogP contribution < -0.4 is 5.32 Å². The van der Waals surface area contributed by atoms with Gasteiger partial charge < -0.3 is 10.1 Å². The molecule has 0 radical (unpaired) electrons. The van der Waals surface area contributed by atoms with Gasteiger partial charge in [0.2, 0.25) is 0 Å². The van der Waals surface area contributed by atoms with Crippen molar-refractivity contribution in [2.75, 3.05) is 24.7 Å². The van der Waals surface area contributed by atoms with Gasteiger partial charge in [0.1, 0.15) is 5.92 Å². The highest BCUT2D eigenvalue weighted by molar-refractivity contribution is 7.98. The van der Waals surface area contributed by atoms with E-state index >= 15 is 0 Å². The number of benzene rings is 2. The number of ether oxygens (including phenoxy) is 1. The first-order valence-electron chi connectivity index (χ1n) is 9.88. The minimum Gasteiger partial charge on any atom is -0.465 e. The number of para-hydroxylation sites is 1. The standard InChI is InChI=1S/C23H23N3O3S/c1-3-29-22(27)19-14-24-12-11-18-17-9-4-5-10-20(17)26(21(18)19)23(28)25-15-7-6-8-16(13-15)30-2/h4-10,13-14,19H,3,11-12H2,1-2H3,(H,25,28). The third kappa shape index (κ3) is 3.73. The molecule has 1 atom stereocenters. The monoisotopic (exact) mass is 421 g/mol. The first-order chi connectivity index (χ1) is 14.6. The summed E-state index contributed by atoms with van der Waals surface area (Å²) in [5.41, 5.74) is 3.07. The molecule has 2 aromatic carbocycles. The zero-order chi connectivity index (χ0) is 21.1. The third-order valence-electron chi connectivity index (χ3n) is 5.12. The summed E-state index contributed by atoms with van der Waals surface area (Å²) in [6, 6.07) is 15.1. The minimum absolute atomic E-state index is 0.270. The number of carbonyl (C=O) groups excluding carboxylic acids is 2. The average molecular weight is 422 g/mol. The van der Waals surface area contributed by atoms with Crippen LogP contribution in [0.1, 0.15) is 24.1 Å². The van der Waals surface area contributed by atoms with Crippen molar-refractivity contribution in [3.8, 4) is 0 Å². The van der Waals surface area contributed by atoms with Crippen LogP contribution in [0.2, 0.25) is 0 Å². The van der Waals surface area contributed by atoms with Crippen LogP contribution >= 0.6 is 11.8 Å². The molecule has 4 rings (SSSR count). The number of thioether (sulfide) groups is 1. The highest BCUT2D eigenvalue weighted by Gasteiger charge is 2.32. The SMILES string of the molecule is CCOC(=O)C1C=NCCc2c1n(C(=O)Nc1cccc(SC)c1)c1ccccc21. The molecule has 1 aromatic heterocycles. The van der Waals surface area contributed by atoms with Crippen molar-refractivity contribution < 1.29 is 14.3 Å². The van der Waals surface area contributed by atoms with E-state index in [1.54, 1.807) is 29.5 Å². The van der Waals surface area contributed by atoms with Gasteiger partial charge in [-0.05, 0) is 49.4 Å². The van der Waals surface area contributed by atoms with E-state index < -0.39 is 11.9 Å². The summed E-state index contributed by atoms with van der Waals surface area (Å²) in [5, 5.41) is 3.95. The van der Waals surface area contributed by atoms with Crippen molar-refractivity contribution in [2.24, 2.45) is 4.99 Å². The Balaban J connectivity index is 1.85. The number of hydrogen-bond acceptors (Lipinski definition) is 5. The fourth-order valence-electron chi connectivity index (χ4n) is 3.85. The molecule has 0 spiro atoms. The molecule has 1 amide bonds. The number of hydrogen-bond donors (Lipinski definition) is 1. The molecule has 0 aliphatic carbocycles. The number of aliphatic imine (C=N–C) groups is 1. The van der Waals surface area contributed by atoms with E-state index in [1.165, 1.54) is 0 Å². The Labute approximate surface area is 179 Å². The Morgan fingerprint density at radius 1 is 1.23 bits per heavy atom. The summed E-state index contributed by atoms with van der Waals surface area (Å²) < 4.78 is 6.90. The van der Waals surface area contributed by atoms with Crippen molar-refractivity contribution in [1.29, 1.82) is 0 Å². The molecule has 30 heavy (non-hydrogen) atoms. The number of esters is 1. The van der Waals surface area contributed by atoms with E-state index in [2.05, 4.69) is 10.3 Å². The maximum atomic E-state index is 13.4. The molecule has 6 nitrogen and oxygen atoms in total. The smallest absolute Gasteiger partial charge is 0.330 e. The van der Waals surface area contributed by atoms with Gasteiger partial charge in [0, 0.05) is 28.7 Å². The number of nitrogens with one attached hydrogen (secondary N) is 1. The summed E-state index contributed by atoms with van der Waals surface area (Å²) in [4.78, 5) is 31.6. The molecule has 1 aliphatic heterocycles. The van der Waals surface area contributed by atoms with E-state index in [0.717, 1.165) is 21.4 Å². The van der Waals surface area contributed by atoms with Crippen LogP contribution in [0.5, 0.6) is 0 Å². The van der Waals surface area contributed by atoms with Crippen LogP contribution in [0.3, 0.4) is 0 Å². The minimum atomic E-state index is -0.724. The molecule has 3 aromatic rings. The Kier molecular flexibility index (Phi) is 5.90. The van der Waals surface area contributed by atoms with Gasteiger partial charge in [-0.2, -0.15) is 0 Å². The summed E-state index contributed by atoms with van der Waals surface area (Å²) in [7, 11) is 0. The molecule has 1 unspecified atom stereocenters. The highest BCUT2D eigenvalue weighted by Crippen LogP contribution is 2.34. The number of amides is 1. The third-order valence-corrected chi connectivity index (χ3v) is 5.85. The molecule has 154 valence electrons. The van der Waals surface area contributed by atoms with Gasteiger partial charge in [-0.25, -0.2) is 4.79 Å². The van der Waals surface area contributed by atoms with Crippen molar-refractivity contribution in [1.82, 2.24) is 4.57 Å². The van der Waals surface area contributed by atoms with Crippen LogP contribution in [0.4, 0.5) is 10.5 Å². The number of nitrogens with zero attached hydrogens (tertiary/aromatic N) is 2. The molecule has 0 saturated carbocycles. The van der Waals surface area contributed by atoms with Crippen LogP contribution in [0, 0.1) is 0 Å². The number of carbonyl (C=O) groups is 2. The average Bonchev–Trinajstić information content (AvgIpc) is 2.92. The van der Waals surface area contributed by atoms with Crippen molar-refractivity contribution in [3.63, 3.8) is 0 Å². The second-order valence-corrected chi connectivity index (χ2v) is 7.79. The van der Waals surface area contributed by atoms with Gasteiger partial charge in [-0.3, -0.25) is 14.4 Å². The summed E-state index contributed by atoms with van der Waals surface area (Å²) in [5.74, 6) is -1.12. The molecule has 1 N–H and O–H groups in total. The molecular weight excluding hydrogens is 398 g/mol. The van der Waals surface area contributed by atoms with Crippen LogP contribution in [-0.4, -0.2) is 42.2 Å². The Bertz CT molecular complexity index is 1140. The highest BCUT2D eigenvalue weighted by atomic mass is 32.2. The maximum Gasteiger partial charge on any atom is 0.330 e. The van der Waals surface area contributed by atoms with Crippen LogP contribution in [0.15, 0.2) is 58.4 Å². The van der Waals surface area contributed by atoms with Crippen molar-refractivity contribution >= 4 is 46.6 Å². The summed E-state index contributed by atoms with van der Waals surface area (Å²) >= 11 is 1.61. The van der Waals surface area contributed by atoms with Crippen molar-refractivity contribution in [2.45, 2.75) is 24.2 Å². The number of aromatic nitrogens is 1. The first-order valence-corrected chi connectivity index (χ1v) is 11.1. The lowest BCUT2D eigenvalue weighted by Gasteiger charge is -2.16. The first kappa shape index (κ1) is 20.2. The van der Waals surface area contributed by atoms with Gasteiger partial charge in [-0.1, -0.05) is 24.3 Å². The van der Waals surface area contributed by atoms with E-state index in [4.69, 9.17) is 4.74 Å². The normalized spacial score (nSPS) is 15.5. The van der Waals surface area contributed by atoms with E-state index in [0.29, 0.717) is 24.3 Å². The maximum absolute atomic E-state index is 13.4. The predicted octanol–water partition coefficient (Wildman–Crippen LogP) is 4.72. The van der Waals surface area contributed by atoms with E-state index in [-0.39, 0.29) is 12.6 Å². The zero-order valence-corrected chi connectivity index (χ0v) is 17.7. The predicted molar refractivity (Wildman–Crippen MR) is 121 cm³/mol. The van der Waals surface area contributed by atoms with Gasteiger partial charge >= 0.3 is 12.0 Å². The Hall–Kier alpha value is -3.06. The van der Waals surface area contributed by atoms with E-state index in [1.807, 2.05) is 54.8 Å². The van der Waals surface area contributed by atoms with Crippen LogP contribution in [-0.2, 0) is 16.0 Å². The number of fused-ring (bicyclic) bond motifs is 3. The Morgan fingerprint density at radius 2 is 2.07 bits per heavy atom. The number of rotatable bonds is 4. The number of anilines is 1. The quantitative estimate of drug-likeness (QED) is 0.489. The molecule has 2 heterocycles. The lowest BCUT2D eigenvalue weighted by Crippen LogP contribution is -2.27. The summed E-state index contributed by atoms with van der Waals surface area (Å²) in [6.07, 6.45) is 4.26. The summed E-state index contributed by atoms with van der Waals surface area (Å²) in [6.45, 7) is 2.61. The van der Waals surface area contributed by atoms with Gasteiger partial charge in [0.05, 0.1) is 17.8 Å². The molecule has 0 bridgehead atoms. The van der Waals surface area contributed by atoms with Crippen molar-refractivity contribution in [3.05, 3.63) is 59.8 Å². The largest absolute Gasteiger partial charge is 0.465 e. The molecule has 7 heteroatoms. The fraction of sp³-hybridized carbons (Fsp3) is 0.261. The van der Waals surface area contributed by atoms with Gasteiger partial charge in [0.25, 0.3) is 0 Å². The van der Waals surface area contributed by atoms with Gasteiger partial charge in [0.15, 0.2) is 0 Å². The fourth-order valence-corrected chi connectivity index (χ4v) is 4.31. The second kappa shape index (κ2) is 8.75. The molecule has 0 fully saturated rings. The molecule has 1 aliphatic rings. The topological polar surface area (TPSA) is 72.7 Å². The molecule has 0 saturated heterocycles. The molecular formula is C23H23N3O3S. The van der Waals surface area contributed by atoms with Crippen LogP contribution in [0.25, 0.3) is 10.9 Å². The lowest BCUT2D eigenvalue weighted by molar-refractivity contribution is -0.143. The zero-order valence-electron chi connectivity index (χ0n) is 16.9. The second-order valence-electron chi connectivity index (χ2n) is 6.91. The lowest BCUT2D eigenvalue weighted by atomic mass is 10.00. The van der Waals surface area contributed by atoms with Gasteiger partial charge in [-0.15, -0.1) is 11.8 Å². The van der Waals surface area contributed by atoms with E-state index in [9.17, 15) is 9.59 Å².